The molecule has 0 saturated carbocycles. The van der Waals surface area contributed by atoms with E-state index >= 15 is 0 Å². The maximum Gasteiger partial charge on any atom is 0.168 e. The number of hydrogen-bond donors (Lipinski definition) is 1. The second-order valence-corrected chi connectivity index (χ2v) is 5.87. The van der Waals surface area contributed by atoms with Crippen LogP contribution in [0.3, 0.4) is 0 Å². The van der Waals surface area contributed by atoms with Crippen molar-refractivity contribution in [3.63, 3.8) is 0 Å². The summed E-state index contributed by atoms with van der Waals surface area (Å²) in [5.74, 6) is 0.996. The summed E-state index contributed by atoms with van der Waals surface area (Å²) in [6.07, 6.45) is 1.13. The van der Waals surface area contributed by atoms with Gasteiger partial charge in [0, 0.05) is 11.5 Å². The largest absolute Gasteiger partial charge is 0.493 e. The summed E-state index contributed by atoms with van der Waals surface area (Å²) in [7, 11) is 0. The molecule has 0 bridgehead atoms. The van der Waals surface area contributed by atoms with E-state index < -0.39 is 6.10 Å². The monoisotopic (exact) mass is 268 g/mol. The van der Waals surface area contributed by atoms with Crippen LogP contribution in [0.4, 0.5) is 0 Å². The molecule has 3 heteroatoms. The van der Waals surface area contributed by atoms with Gasteiger partial charge in [0.15, 0.2) is 5.78 Å². The predicted molar refractivity (Wildman–Crippen MR) is 76.7 cm³/mol. The highest BCUT2D eigenvalue weighted by atomic mass is 16.5. The third-order valence-electron chi connectivity index (χ3n) is 4.52. The van der Waals surface area contributed by atoms with Gasteiger partial charge in [0.05, 0.1) is 12.0 Å². The molecule has 0 fully saturated rings. The van der Waals surface area contributed by atoms with Crippen molar-refractivity contribution >= 4 is 5.78 Å². The highest BCUT2D eigenvalue weighted by Crippen LogP contribution is 2.35. The normalized spacial score (nSPS) is 28.9. The smallest absolute Gasteiger partial charge is 0.168 e. The molecule has 1 aliphatic heterocycles. The van der Waals surface area contributed by atoms with Crippen LogP contribution in [-0.4, -0.2) is 23.1 Å². The third kappa shape index (κ3) is 3.19. The van der Waals surface area contributed by atoms with Crippen LogP contribution in [0.15, 0.2) is 11.3 Å². The van der Waals surface area contributed by atoms with Gasteiger partial charge in [-0.2, -0.15) is 0 Å². The maximum atomic E-state index is 12.4. The standard InChI is InChI=1S/C16H28O3/c1-7-9(3)15-11(5)14(18)12(6)16(19-15)10(4)13(17)8-2/h9-11,13,15,17H,7-8H2,1-6H3/t9-,10-,11+,13+,15?/m0/s1. The molecular weight excluding hydrogens is 240 g/mol. The zero-order chi connectivity index (χ0) is 14.7. The predicted octanol–water partition coefficient (Wildman–Crippen LogP) is 3.32. The van der Waals surface area contributed by atoms with Gasteiger partial charge >= 0.3 is 0 Å². The lowest BCUT2D eigenvalue weighted by Gasteiger charge is -2.37. The Morgan fingerprint density at radius 1 is 1.26 bits per heavy atom. The van der Waals surface area contributed by atoms with E-state index in [-0.39, 0.29) is 23.7 Å². The Morgan fingerprint density at radius 2 is 1.84 bits per heavy atom. The van der Waals surface area contributed by atoms with Gasteiger partial charge in [0.1, 0.15) is 11.9 Å². The molecule has 3 nitrogen and oxygen atoms in total. The number of rotatable bonds is 5. The number of allylic oxidation sites excluding steroid dienone is 1. The summed E-state index contributed by atoms with van der Waals surface area (Å²) in [5.41, 5.74) is 0.687. The molecule has 0 aromatic carbocycles. The van der Waals surface area contributed by atoms with Crippen LogP contribution in [0.5, 0.6) is 0 Å². The lowest BCUT2D eigenvalue weighted by molar-refractivity contribution is -0.128. The van der Waals surface area contributed by atoms with Crippen LogP contribution in [0.25, 0.3) is 0 Å². The van der Waals surface area contributed by atoms with Crippen LogP contribution in [-0.2, 0) is 9.53 Å². The summed E-state index contributed by atoms with van der Waals surface area (Å²) in [5, 5.41) is 10.0. The molecule has 110 valence electrons. The van der Waals surface area contributed by atoms with Crippen molar-refractivity contribution in [2.45, 2.75) is 66.6 Å². The number of aliphatic hydroxyl groups is 1. The molecule has 1 N–H and O–H groups in total. The minimum atomic E-state index is -0.455. The van der Waals surface area contributed by atoms with E-state index in [1.807, 2.05) is 27.7 Å². The maximum absolute atomic E-state index is 12.4. The van der Waals surface area contributed by atoms with Gasteiger partial charge in [0.2, 0.25) is 0 Å². The summed E-state index contributed by atoms with van der Waals surface area (Å²) >= 11 is 0. The van der Waals surface area contributed by atoms with Crippen molar-refractivity contribution in [1.29, 1.82) is 0 Å². The second-order valence-electron chi connectivity index (χ2n) is 5.87. The lowest BCUT2D eigenvalue weighted by atomic mass is 9.82. The minimum absolute atomic E-state index is 0.0669. The first-order valence-electron chi connectivity index (χ1n) is 7.44. The van der Waals surface area contributed by atoms with Crippen molar-refractivity contribution in [1.82, 2.24) is 0 Å². The Kier molecular flexibility index (Phi) is 5.60. The van der Waals surface area contributed by atoms with Crippen molar-refractivity contribution in [2.75, 3.05) is 0 Å². The summed E-state index contributed by atoms with van der Waals surface area (Å²) in [4.78, 5) is 12.4. The van der Waals surface area contributed by atoms with Crippen LogP contribution in [0.1, 0.15) is 54.4 Å². The molecule has 0 saturated heterocycles. The van der Waals surface area contributed by atoms with E-state index in [9.17, 15) is 9.90 Å². The van der Waals surface area contributed by atoms with Gasteiger partial charge in [-0.25, -0.2) is 0 Å². The molecule has 0 spiro atoms. The van der Waals surface area contributed by atoms with E-state index in [4.69, 9.17) is 4.74 Å². The summed E-state index contributed by atoms with van der Waals surface area (Å²) in [6.45, 7) is 11.9. The van der Waals surface area contributed by atoms with Crippen molar-refractivity contribution in [3.05, 3.63) is 11.3 Å². The minimum Gasteiger partial charge on any atom is -0.493 e. The number of carbonyl (C=O) groups excluding carboxylic acids is 1. The fourth-order valence-electron chi connectivity index (χ4n) is 2.77. The Bertz CT molecular complexity index is 359. The topological polar surface area (TPSA) is 46.5 Å². The number of carbonyl (C=O) groups is 1. The first kappa shape index (κ1) is 16.2. The quantitative estimate of drug-likeness (QED) is 0.832. The van der Waals surface area contributed by atoms with Gasteiger partial charge in [-0.05, 0) is 19.3 Å². The summed E-state index contributed by atoms with van der Waals surface area (Å²) in [6, 6.07) is 0. The first-order chi connectivity index (χ1) is 8.84. The van der Waals surface area contributed by atoms with E-state index in [1.54, 1.807) is 0 Å². The molecule has 1 unspecified atom stereocenters. The number of hydrogen-bond acceptors (Lipinski definition) is 3. The fourth-order valence-corrected chi connectivity index (χ4v) is 2.77. The molecule has 1 rings (SSSR count). The van der Waals surface area contributed by atoms with Crippen LogP contribution < -0.4 is 0 Å². The molecule has 0 aromatic rings. The number of ether oxygens (including phenoxy) is 1. The first-order valence-corrected chi connectivity index (χ1v) is 7.44. The van der Waals surface area contributed by atoms with Crippen LogP contribution >= 0.6 is 0 Å². The number of aliphatic hydroxyl groups excluding tert-OH is 1. The molecule has 0 radical (unpaired) electrons. The molecule has 0 aromatic heterocycles. The highest BCUT2D eigenvalue weighted by Gasteiger charge is 2.38. The molecule has 1 heterocycles. The van der Waals surface area contributed by atoms with Crippen molar-refractivity contribution < 1.29 is 14.6 Å². The van der Waals surface area contributed by atoms with Gasteiger partial charge in [-0.3, -0.25) is 4.79 Å². The molecule has 1 aliphatic rings. The molecular formula is C16H28O3. The highest BCUT2D eigenvalue weighted by molar-refractivity contribution is 5.98. The average Bonchev–Trinajstić information content (AvgIpc) is 2.42. The zero-order valence-electron chi connectivity index (χ0n) is 13.1. The van der Waals surface area contributed by atoms with Gasteiger partial charge in [0.25, 0.3) is 0 Å². The van der Waals surface area contributed by atoms with Gasteiger partial charge in [-0.1, -0.05) is 41.0 Å². The molecule has 19 heavy (non-hydrogen) atoms. The van der Waals surface area contributed by atoms with Gasteiger partial charge in [-0.15, -0.1) is 0 Å². The molecule has 5 atom stereocenters. The van der Waals surface area contributed by atoms with E-state index in [0.717, 1.165) is 6.42 Å². The number of Topliss-reactive ketones (excluding diaryl/α,β-unsaturated/α-hetero) is 1. The SMILES string of the molecule is CC[C@@H](O)[C@H](C)C1=C(C)C(=O)[C@@H](C)C([C@@H](C)CC)O1. The van der Waals surface area contributed by atoms with E-state index in [2.05, 4.69) is 13.8 Å². The Balaban J connectivity index is 3.06. The zero-order valence-corrected chi connectivity index (χ0v) is 13.1. The Morgan fingerprint density at radius 3 is 2.32 bits per heavy atom. The fraction of sp³-hybridized carbons (Fsp3) is 0.812. The second kappa shape index (κ2) is 6.56. The van der Waals surface area contributed by atoms with Crippen molar-refractivity contribution in [3.8, 4) is 0 Å². The summed E-state index contributed by atoms with van der Waals surface area (Å²) < 4.78 is 6.12. The van der Waals surface area contributed by atoms with Crippen LogP contribution in [0.2, 0.25) is 0 Å². The van der Waals surface area contributed by atoms with E-state index in [0.29, 0.717) is 23.7 Å². The van der Waals surface area contributed by atoms with Crippen molar-refractivity contribution in [2.24, 2.45) is 17.8 Å². The van der Waals surface area contributed by atoms with Crippen LogP contribution in [0, 0.1) is 17.8 Å². The Hall–Kier alpha value is -0.830. The third-order valence-corrected chi connectivity index (χ3v) is 4.52. The molecule has 0 amide bonds. The lowest BCUT2D eigenvalue weighted by Crippen LogP contribution is -2.40. The van der Waals surface area contributed by atoms with Gasteiger partial charge < -0.3 is 9.84 Å². The Labute approximate surface area is 117 Å². The number of ketones is 1. The average molecular weight is 268 g/mol. The molecule has 0 aliphatic carbocycles. The van der Waals surface area contributed by atoms with E-state index in [1.165, 1.54) is 0 Å².